The number of amides is 1. The molecule has 1 amide bonds. The molecule has 2 unspecified atom stereocenters. The van der Waals surface area contributed by atoms with Crippen molar-refractivity contribution in [1.29, 1.82) is 0 Å². The molecule has 98 valence electrons. The van der Waals surface area contributed by atoms with Crippen molar-refractivity contribution in [3.63, 3.8) is 0 Å². The zero-order valence-corrected chi connectivity index (χ0v) is 9.98. The number of hydrogen-bond donors (Lipinski definition) is 2. The molecule has 2 rings (SSSR count). The quantitative estimate of drug-likeness (QED) is 0.850. The van der Waals surface area contributed by atoms with Crippen LogP contribution in [0, 0.1) is 5.82 Å². The fraction of sp³-hybridized carbons (Fsp3) is 0.417. The van der Waals surface area contributed by atoms with Gasteiger partial charge in [0.1, 0.15) is 18.2 Å². The van der Waals surface area contributed by atoms with Gasteiger partial charge < -0.3 is 20.5 Å². The molecule has 0 aliphatic carbocycles. The van der Waals surface area contributed by atoms with Crippen LogP contribution in [0.15, 0.2) is 18.2 Å². The fourth-order valence-corrected chi connectivity index (χ4v) is 1.68. The molecule has 1 saturated heterocycles. The molecule has 1 heterocycles. The maximum Gasteiger partial charge on any atom is 0.407 e. The third-order valence-electron chi connectivity index (χ3n) is 2.65. The summed E-state index contributed by atoms with van der Waals surface area (Å²) >= 11 is 0. The van der Waals surface area contributed by atoms with Gasteiger partial charge in [0, 0.05) is 17.7 Å². The van der Waals surface area contributed by atoms with Crippen molar-refractivity contribution in [1.82, 2.24) is 5.32 Å². The van der Waals surface area contributed by atoms with Gasteiger partial charge >= 0.3 is 6.09 Å². The number of nitrogens with one attached hydrogen (secondary N) is 1. The van der Waals surface area contributed by atoms with E-state index in [2.05, 4.69) is 5.32 Å². The molecule has 1 aliphatic rings. The Kier molecular flexibility index (Phi) is 3.66. The van der Waals surface area contributed by atoms with Crippen LogP contribution in [0.3, 0.4) is 0 Å². The second kappa shape index (κ2) is 5.22. The Bertz CT molecular complexity index is 451. The molecule has 1 aliphatic heterocycles. The van der Waals surface area contributed by atoms with Gasteiger partial charge in [0.05, 0.1) is 6.54 Å². The molecule has 5 nitrogen and oxygen atoms in total. The summed E-state index contributed by atoms with van der Waals surface area (Å²) in [7, 11) is 0. The lowest BCUT2D eigenvalue weighted by Crippen LogP contribution is -2.22. The monoisotopic (exact) mass is 254 g/mol. The maximum atomic E-state index is 13.6. The number of nitrogens with two attached hydrogens (primary N) is 1. The predicted octanol–water partition coefficient (Wildman–Crippen LogP) is 1.33. The van der Waals surface area contributed by atoms with Crippen LogP contribution < -0.4 is 15.8 Å². The van der Waals surface area contributed by atoms with Crippen molar-refractivity contribution < 1.29 is 18.7 Å². The summed E-state index contributed by atoms with van der Waals surface area (Å²) in [4.78, 5) is 10.8. The summed E-state index contributed by atoms with van der Waals surface area (Å²) in [5.41, 5.74) is 6.05. The first-order valence-corrected chi connectivity index (χ1v) is 5.68. The van der Waals surface area contributed by atoms with Crippen LogP contribution in [0.4, 0.5) is 9.18 Å². The van der Waals surface area contributed by atoms with E-state index in [1.54, 1.807) is 19.1 Å². The average Bonchev–Trinajstić information content (AvgIpc) is 2.72. The highest BCUT2D eigenvalue weighted by Crippen LogP contribution is 2.21. The van der Waals surface area contributed by atoms with Gasteiger partial charge in [-0.3, -0.25) is 0 Å². The Morgan fingerprint density at radius 3 is 3.00 bits per heavy atom. The summed E-state index contributed by atoms with van der Waals surface area (Å²) in [5, 5.41) is 2.51. The van der Waals surface area contributed by atoms with Crippen LogP contribution in [0.5, 0.6) is 5.75 Å². The van der Waals surface area contributed by atoms with Crippen molar-refractivity contribution in [2.75, 3.05) is 13.2 Å². The number of carbonyl (C=O) groups excluding carboxylic acids is 1. The van der Waals surface area contributed by atoms with Crippen LogP contribution in [0.2, 0.25) is 0 Å². The number of hydrogen-bond acceptors (Lipinski definition) is 4. The summed E-state index contributed by atoms with van der Waals surface area (Å²) in [6.07, 6.45) is -0.796. The number of halogens is 1. The maximum absolute atomic E-state index is 13.6. The molecule has 0 spiro atoms. The predicted molar refractivity (Wildman–Crippen MR) is 62.8 cm³/mol. The minimum atomic E-state index is -0.456. The molecule has 1 aromatic rings. The molecule has 2 atom stereocenters. The smallest absolute Gasteiger partial charge is 0.407 e. The molecule has 0 radical (unpaired) electrons. The number of benzene rings is 1. The molecule has 3 N–H and O–H groups in total. The number of carbonyl (C=O) groups is 1. The van der Waals surface area contributed by atoms with Gasteiger partial charge in [-0.25, -0.2) is 9.18 Å². The molecule has 18 heavy (non-hydrogen) atoms. The van der Waals surface area contributed by atoms with Crippen molar-refractivity contribution in [3.05, 3.63) is 29.6 Å². The van der Waals surface area contributed by atoms with Crippen LogP contribution in [0.1, 0.15) is 18.5 Å². The van der Waals surface area contributed by atoms with E-state index in [9.17, 15) is 9.18 Å². The summed E-state index contributed by atoms with van der Waals surface area (Å²) < 4.78 is 23.8. The zero-order chi connectivity index (χ0) is 13.1. The number of cyclic esters (lactones) is 1. The third kappa shape index (κ3) is 2.89. The Labute approximate surface area is 104 Å². The zero-order valence-electron chi connectivity index (χ0n) is 9.98. The molecular weight excluding hydrogens is 239 g/mol. The van der Waals surface area contributed by atoms with Gasteiger partial charge in [-0.15, -0.1) is 0 Å². The minimum Gasteiger partial charge on any atom is -0.490 e. The Morgan fingerprint density at radius 1 is 1.67 bits per heavy atom. The molecule has 0 saturated carbocycles. The average molecular weight is 254 g/mol. The molecule has 1 aromatic carbocycles. The molecule has 1 fully saturated rings. The van der Waals surface area contributed by atoms with E-state index in [0.717, 1.165) is 0 Å². The lowest BCUT2D eigenvalue weighted by Gasteiger charge is -2.12. The van der Waals surface area contributed by atoms with E-state index in [1.165, 1.54) is 6.07 Å². The standard InChI is InChI=1S/C12H15FN2O3/c1-7(14)10-3-2-8(4-11(10)13)17-6-9-5-15-12(16)18-9/h2-4,7,9H,5-6,14H2,1H3,(H,15,16). The first-order valence-electron chi connectivity index (χ1n) is 5.68. The second-order valence-electron chi connectivity index (χ2n) is 4.19. The normalized spacial score (nSPS) is 20.2. The molecular formula is C12H15FN2O3. The second-order valence-corrected chi connectivity index (χ2v) is 4.19. The van der Waals surface area contributed by atoms with E-state index in [-0.39, 0.29) is 18.8 Å². The summed E-state index contributed by atoms with van der Waals surface area (Å²) in [6.45, 7) is 2.30. The Hall–Kier alpha value is -1.82. The van der Waals surface area contributed by atoms with Gasteiger partial charge in [-0.1, -0.05) is 6.07 Å². The first-order chi connectivity index (χ1) is 8.56. The highest BCUT2D eigenvalue weighted by molar-refractivity contribution is 5.69. The van der Waals surface area contributed by atoms with Crippen LogP contribution >= 0.6 is 0 Å². The Balaban J connectivity index is 1.94. The number of ether oxygens (including phenoxy) is 2. The van der Waals surface area contributed by atoms with E-state index in [1.807, 2.05) is 0 Å². The van der Waals surface area contributed by atoms with Crippen LogP contribution in [0.25, 0.3) is 0 Å². The van der Waals surface area contributed by atoms with Crippen molar-refractivity contribution in [3.8, 4) is 5.75 Å². The summed E-state index contributed by atoms with van der Waals surface area (Å²) in [5.74, 6) is -0.0103. The van der Waals surface area contributed by atoms with E-state index in [4.69, 9.17) is 15.2 Å². The van der Waals surface area contributed by atoms with Gasteiger partial charge in [0.25, 0.3) is 0 Å². The van der Waals surface area contributed by atoms with E-state index >= 15 is 0 Å². The van der Waals surface area contributed by atoms with Gasteiger partial charge in [0.2, 0.25) is 0 Å². The van der Waals surface area contributed by atoms with Crippen molar-refractivity contribution >= 4 is 6.09 Å². The SMILES string of the molecule is CC(N)c1ccc(OCC2CNC(=O)O2)cc1F. The third-order valence-corrected chi connectivity index (χ3v) is 2.65. The molecule has 0 bridgehead atoms. The lowest BCUT2D eigenvalue weighted by atomic mass is 10.1. The van der Waals surface area contributed by atoms with E-state index in [0.29, 0.717) is 17.9 Å². The van der Waals surface area contributed by atoms with Gasteiger partial charge in [-0.2, -0.15) is 0 Å². The minimum absolute atomic E-state index is 0.190. The van der Waals surface area contributed by atoms with Crippen LogP contribution in [-0.2, 0) is 4.74 Å². The van der Waals surface area contributed by atoms with E-state index < -0.39 is 11.9 Å². The fourth-order valence-electron chi connectivity index (χ4n) is 1.68. The highest BCUT2D eigenvalue weighted by Gasteiger charge is 2.23. The number of alkyl carbamates (subject to hydrolysis) is 1. The summed E-state index contributed by atoms with van der Waals surface area (Å²) in [6, 6.07) is 4.15. The lowest BCUT2D eigenvalue weighted by molar-refractivity contribution is 0.104. The largest absolute Gasteiger partial charge is 0.490 e. The highest BCUT2D eigenvalue weighted by atomic mass is 19.1. The molecule has 0 aromatic heterocycles. The van der Waals surface area contributed by atoms with Crippen molar-refractivity contribution in [2.45, 2.75) is 19.1 Å². The Morgan fingerprint density at radius 2 is 2.44 bits per heavy atom. The van der Waals surface area contributed by atoms with Gasteiger partial charge in [-0.05, 0) is 13.0 Å². The topological polar surface area (TPSA) is 73.6 Å². The van der Waals surface area contributed by atoms with Crippen LogP contribution in [-0.4, -0.2) is 25.3 Å². The first kappa shape index (κ1) is 12.6. The van der Waals surface area contributed by atoms with Crippen molar-refractivity contribution in [2.24, 2.45) is 5.73 Å². The van der Waals surface area contributed by atoms with Gasteiger partial charge in [0.15, 0.2) is 6.10 Å². The number of rotatable bonds is 4. The molecule has 6 heteroatoms.